The number of benzene rings is 1. The zero-order valence-electron chi connectivity index (χ0n) is 12.3. The van der Waals surface area contributed by atoms with Gasteiger partial charge in [0.15, 0.2) is 0 Å². The Morgan fingerprint density at radius 1 is 1.04 bits per heavy atom. The largest absolute Gasteiger partial charge is 0.268 e. The molecule has 0 saturated carbocycles. The lowest BCUT2D eigenvalue weighted by Crippen LogP contribution is -1.94. The Kier molecular flexibility index (Phi) is 2.78. The van der Waals surface area contributed by atoms with Crippen LogP contribution in [0, 0.1) is 0 Å². The second-order valence-corrected chi connectivity index (χ2v) is 6.18. The van der Waals surface area contributed by atoms with E-state index in [0.29, 0.717) is 0 Å². The molecule has 1 aromatic carbocycles. The van der Waals surface area contributed by atoms with Gasteiger partial charge >= 0.3 is 0 Å². The zero-order valence-corrected chi connectivity index (χ0v) is 13.1. The average Bonchev–Trinajstić information content (AvgIpc) is 3.30. The summed E-state index contributed by atoms with van der Waals surface area (Å²) in [6, 6.07) is 12.1. The van der Waals surface area contributed by atoms with Gasteiger partial charge in [0.1, 0.15) is 16.7 Å². The fourth-order valence-corrected chi connectivity index (χ4v) is 3.85. The quantitative estimate of drug-likeness (QED) is 0.567. The number of hydrogen-bond donors (Lipinski definition) is 0. The predicted molar refractivity (Wildman–Crippen MR) is 90.2 cm³/mol. The van der Waals surface area contributed by atoms with Gasteiger partial charge in [0.25, 0.3) is 0 Å². The summed E-state index contributed by atoms with van der Waals surface area (Å²) in [5.41, 5.74) is 7.31. The van der Waals surface area contributed by atoms with Crippen LogP contribution >= 0.6 is 11.7 Å². The van der Waals surface area contributed by atoms with E-state index in [-0.39, 0.29) is 0 Å². The summed E-state index contributed by atoms with van der Waals surface area (Å²) in [5.74, 6) is 0. The Labute approximate surface area is 137 Å². The number of aromatic nitrogens is 5. The van der Waals surface area contributed by atoms with Crippen molar-refractivity contribution < 1.29 is 0 Å². The van der Waals surface area contributed by atoms with E-state index in [1.165, 1.54) is 23.0 Å². The van der Waals surface area contributed by atoms with Crippen molar-refractivity contribution in [3.8, 4) is 22.5 Å². The molecule has 1 aliphatic heterocycles. The molecule has 5 nitrogen and oxygen atoms in total. The minimum absolute atomic E-state index is 0.907. The molecule has 0 amide bonds. The minimum atomic E-state index is 0.907. The topological polar surface area (TPSA) is 56.5 Å². The summed E-state index contributed by atoms with van der Waals surface area (Å²) in [6.45, 7) is 0.973. The van der Waals surface area contributed by atoms with Crippen molar-refractivity contribution >= 4 is 22.8 Å². The Bertz CT molecular complexity index is 1000. The first kappa shape index (κ1) is 12.9. The van der Waals surface area contributed by atoms with E-state index >= 15 is 0 Å². The summed E-state index contributed by atoms with van der Waals surface area (Å²) in [7, 11) is 0. The molecular formula is C17H13N5S. The van der Waals surface area contributed by atoms with Crippen LogP contribution in [-0.4, -0.2) is 23.5 Å². The van der Waals surface area contributed by atoms with Gasteiger partial charge in [-0.2, -0.15) is 13.8 Å². The van der Waals surface area contributed by atoms with Crippen LogP contribution in [0.25, 0.3) is 33.5 Å². The number of pyridine rings is 1. The second-order valence-electron chi connectivity index (χ2n) is 5.65. The molecule has 0 N–H and O–H groups in total. The highest BCUT2D eigenvalue weighted by molar-refractivity contribution is 7.00. The van der Waals surface area contributed by atoms with Crippen LogP contribution in [0.3, 0.4) is 0 Å². The number of nitrogens with zero attached hydrogens (tertiary/aromatic N) is 5. The van der Waals surface area contributed by atoms with Gasteiger partial charge in [0, 0.05) is 29.6 Å². The summed E-state index contributed by atoms with van der Waals surface area (Å²) in [6.07, 6.45) is 4.00. The molecule has 4 heterocycles. The Morgan fingerprint density at radius 2 is 2.04 bits per heavy atom. The van der Waals surface area contributed by atoms with Crippen LogP contribution in [0.15, 0.2) is 42.6 Å². The molecule has 23 heavy (non-hydrogen) atoms. The Hall–Kier alpha value is -2.60. The van der Waals surface area contributed by atoms with Gasteiger partial charge in [-0.3, -0.25) is 9.67 Å². The van der Waals surface area contributed by atoms with Crippen LogP contribution in [0.4, 0.5) is 0 Å². The van der Waals surface area contributed by atoms with E-state index in [1.54, 1.807) is 0 Å². The van der Waals surface area contributed by atoms with E-state index in [4.69, 9.17) is 5.10 Å². The van der Waals surface area contributed by atoms with Gasteiger partial charge in [-0.15, -0.1) is 0 Å². The van der Waals surface area contributed by atoms with E-state index in [9.17, 15) is 0 Å². The molecule has 112 valence electrons. The number of aryl methyl sites for hydroxylation is 1. The molecule has 0 saturated heterocycles. The first-order valence-electron chi connectivity index (χ1n) is 7.64. The van der Waals surface area contributed by atoms with Crippen LogP contribution in [0.2, 0.25) is 0 Å². The van der Waals surface area contributed by atoms with Crippen LogP contribution in [-0.2, 0) is 13.0 Å². The van der Waals surface area contributed by atoms with Crippen molar-refractivity contribution in [1.29, 1.82) is 0 Å². The van der Waals surface area contributed by atoms with Gasteiger partial charge in [0.2, 0.25) is 0 Å². The zero-order chi connectivity index (χ0) is 15.2. The fraction of sp³-hybridized carbons (Fsp3) is 0.176. The number of fused-ring (bicyclic) bond motifs is 2. The van der Waals surface area contributed by atoms with Crippen LogP contribution in [0.1, 0.15) is 12.1 Å². The first-order valence-corrected chi connectivity index (χ1v) is 8.37. The maximum Gasteiger partial charge on any atom is 0.119 e. The molecule has 0 radical (unpaired) electrons. The Balaban J connectivity index is 1.84. The van der Waals surface area contributed by atoms with Gasteiger partial charge < -0.3 is 0 Å². The standard InChI is InChI=1S/C17H13N5S/c1-2-9-18-12(6-1)17-15(14-8-4-10-22(14)19-17)11-5-3-7-13-16(11)21-23-20-13/h1-3,5-7,9H,4,8,10H2. The lowest BCUT2D eigenvalue weighted by Gasteiger charge is -2.05. The smallest absolute Gasteiger partial charge is 0.119 e. The van der Waals surface area contributed by atoms with Crippen molar-refractivity contribution in [2.75, 3.05) is 0 Å². The third kappa shape index (κ3) is 1.91. The third-order valence-electron chi connectivity index (χ3n) is 4.30. The van der Waals surface area contributed by atoms with Crippen molar-refractivity contribution in [2.24, 2.45) is 0 Å². The average molecular weight is 319 g/mol. The highest BCUT2D eigenvalue weighted by Gasteiger charge is 2.25. The maximum absolute atomic E-state index is 4.84. The van der Waals surface area contributed by atoms with E-state index in [0.717, 1.165) is 47.4 Å². The highest BCUT2D eigenvalue weighted by atomic mass is 32.1. The molecule has 5 rings (SSSR count). The van der Waals surface area contributed by atoms with E-state index in [1.807, 2.05) is 36.5 Å². The molecule has 3 aromatic heterocycles. The fourth-order valence-electron chi connectivity index (χ4n) is 3.31. The van der Waals surface area contributed by atoms with Crippen molar-refractivity contribution in [1.82, 2.24) is 23.5 Å². The molecule has 0 atom stereocenters. The maximum atomic E-state index is 4.84. The van der Waals surface area contributed by atoms with Crippen LogP contribution in [0.5, 0.6) is 0 Å². The molecular weight excluding hydrogens is 306 g/mol. The molecule has 0 bridgehead atoms. The molecule has 0 fully saturated rings. The number of rotatable bonds is 2. The van der Waals surface area contributed by atoms with Gasteiger partial charge in [0.05, 0.1) is 17.4 Å². The summed E-state index contributed by atoms with van der Waals surface area (Å²) in [5, 5.41) is 4.84. The minimum Gasteiger partial charge on any atom is -0.268 e. The molecule has 0 aliphatic carbocycles. The van der Waals surface area contributed by atoms with E-state index in [2.05, 4.69) is 24.5 Å². The first-order chi connectivity index (χ1) is 11.4. The third-order valence-corrected chi connectivity index (χ3v) is 4.85. The molecule has 1 aliphatic rings. The van der Waals surface area contributed by atoms with Crippen molar-refractivity contribution in [2.45, 2.75) is 19.4 Å². The second kappa shape index (κ2) is 4.96. The van der Waals surface area contributed by atoms with Gasteiger partial charge in [-0.1, -0.05) is 18.2 Å². The van der Waals surface area contributed by atoms with E-state index < -0.39 is 0 Å². The van der Waals surface area contributed by atoms with Gasteiger partial charge in [-0.25, -0.2) is 0 Å². The summed E-state index contributed by atoms with van der Waals surface area (Å²) in [4.78, 5) is 4.51. The van der Waals surface area contributed by atoms with Crippen LogP contribution < -0.4 is 0 Å². The predicted octanol–water partition coefficient (Wildman–Crippen LogP) is 3.56. The molecule has 0 spiro atoms. The molecule has 0 unspecified atom stereocenters. The monoisotopic (exact) mass is 319 g/mol. The Morgan fingerprint density at radius 3 is 2.96 bits per heavy atom. The number of hydrogen-bond acceptors (Lipinski definition) is 5. The summed E-state index contributed by atoms with van der Waals surface area (Å²) >= 11 is 1.26. The molecule has 6 heteroatoms. The lowest BCUT2D eigenvalue weighted by molar-refractivity contribution is 0.658. The van der Waals surface area contributed by atoms with Gasteiger partial charge in [-0.05, 0) is 31.0 Å². The van der Waals surface area contributed by atoms with Crippen molar-refractivity contribution in [3.63, 3.8) is 0 Å². The van der Waals surface area contributed by atoms with Crippen molar-refractivity contribution in [3.05, 3.63) is 48.3 Å². The summed E-state index contributed by atoms with van der Waals surface area (Å²) < 4.78 is 11.0. The highest BCUT2D eigenvalue weighted by Crippen LogP contribution is 2.39. The SMILES string of the molecule is c1ccc(-c2nn3c(c2-c2cccc4nsnc24)CCC3)nc1. The normalized spacial score (nSPS) is 13.6. The molecule has 4 aromatic rings. The lowest BCUT2D eigenvalue weighted by atomic mass is 9.98.